The third-order valence-electron chi connectivity index (χ3n) is 6.27. The van der Waals surface area contributed by atoms with Gasteiger partial charge < -0.3 is 10.1 Å². The maximum atomic E-state index is 12.8. The van der Waals surface area contributed by atoms with Crippen LogP contribution in [-0.4, -0.2) is 44.7 Å². The number of fused-ring (bicyclic) bond motifs is 1. The quantitative estimate of drug-likeness (QED) is 0.555. The number of methoxy groups -OCH3 is 1. The van der Waals surface area contributed by atoms with Gasteiger partial charge in [0.15, 0.2) is 0 Å². The number of sulfonamides is 1. The van der Waals surface area contributed by atoms with Crippen LogP contribution in [0.4, 0.5) is 11.4 Å². The van der Waals surface area contributed by atoms with Gasteiger partial charge in [-0.15, -0.1) is 0 Å². The molecule has 4 rings (SSSR count). The molecule has 2 N–H and O–H groups in total. The number of nitrogens with one attached hydrogen (secondary N) is 2. The van der Waals surface area contributed by atoms with Crippen molar-refractivity contribution < 1.29 is 27.5 Å². The first kappa shape index (κ1) is 23.7. The fraction of sp³-hybridized carbons (Fsp3) is 0.375. The fourth-order valence-corrected chi connectivity index (χ4v) is 5.61. The van der Waals surface area contributed by atoms with E-state index in [1.54, 1.807) is 30.3 Å². The standard InChI is InChI=1S/C24H27N3O6S/c1-33-18-11-9-16(10-12-18)26-34(31,32)19-6-4-5-17(15-19)25-22(28)13-14-27-23(29)20-7-2-3-8-21(20)24(27)30/h4-6,9-12,15,20-21,26H,2-3,7-8,13-14H2,1H3,(H,25,28). The highest BCUT2D eigenvalue weighted by atomic mass is 32.2. The van der Waals surface area contributed by atoms with E-state index in [-0.39, 0.29) is 41.5 Å². The normalized spacial score (nSPS) is 20.1. The van der Waals surface area contributed by atoms with Crippen LogP contribution in [0.3, 0.4) is 0 Å². The van der Waals surface area contributed by atoms with Crippen molar-refractivity contribution in [2.45, 2.75) is 37.0 Å². The van der Waals surface area contributed by atoms with Crippen LogP contribution in [0.15, 0.2) is 53.4 Å². The maximum absolute atomic E-state index is 12.8. The monoisotopic (exact) mass is 485 g/mol. The number of imide groups is 1. The largest absolute Gasteiger partial charge is 0.497 e. The summed E-state index contributed by atoms with van der Waals surface area (Å²) in [4.78, 5) is 38.8. The van der Waals surface area contributed by atoms with Crippen LogP contribution in [0.2, 0.25) is 0 Å². The van der Waals surface area contributed by atoms with Gasteiger partial charge in [0.1, 0.15) is 5.75 Å². The van der Waals surface area contributed by atoms with Crippen molar-refractivity contribution in [1.82, 2.24) is 4.90 Å². The highest BCUT2D eigenvalue weighted by Crippen LogP contribution is 2.38. The van der Waals surface area contributed by atoms with E-state index < -0.39 is 15.9 Å². The van der Waals surface area contributed by atoms with E-state index in [0.717, 1.165) is 25.7 Å². The molecule has 3 amide bonds. The van der Waals surface area contributed by atoms with E-state index >= 15 is 0 Å². The van der Waals surface area contributed by atoms with Gasteiger partial charge in [-0.05, 0) is 55.3 Å². The van der Waals surface area contributed by atoms with Gasteiger partial charge in [-0.3, -0.25) is 24.0 Å². The zero-order chi connectivity index (χ0) is 24.3. The van der Waals surface area contributed by atoms with Gasteiger partial charge in [0.05, 0.1) is 23.8 Å². The minimum absolute atomic E-state index is 0.0184. The van der Waals surface area contributed by atoms with Crippen molar-refractivity contribution in [3.63, 3.8) is 0 Å². The molecule has 1 saturated heterocycles. The van der Waals surface area contributed by atoms with Gasteiger partial charge in [-0.25, -0.2) is 8.42 Å². The Bertz CT molecular complexity index is 1170. The minimum atomic E-state index is -3.88. The number of ether oxygens (including phenoxy) is 1. The summed E-state index contributed by atoms with van der Waals surface area (Å²) in [6.07, 6.45) is 3.29. The minimum Gasteiger partial charge on any atom is -0.497 e. The van der Waals surface area contributed by atoms with Crippen molar-refractivity contribution in [1.29, 1.82) is 0 Å². The van der Waals surface area contributed by atoms with Gasteiger partial charge >= 0.3 is 0 Å². The smallest absolute Gasteiger partial charge is 0.261 e. The first-order valence-corrected chi connectivity index (χ1v) is 12.7. The van der Waals surface area contributed by atoms with Crippen LogP contribution in [0.1, 0.15) is 32.1 Å². The van der Waals surface area contributed by atoms with Gasteiger partial charge in [-0.1, -0.05) is 18.9 Å². The average molecular weight is 486 g/mol. The molecule has 10 heteroatoms. The van der Waals surface area contributed by atoms with E-state index in [1.807, 2.05) is 0 Å². The van der Waals surface area contributed by atoms with Crippen molar-refractivity contribution in [2.24, 2.45) is 11.8 Å². The second kappa shape index (κ2) is 9.84. The van der Waals surface area contributed by atoms with E-state index in [2.05, 4.69) is 10.0 Å². The molecule has 180 valence electrons. The molecule has 1 saturated carbocycles. The summed E-state index contributed by atoms with van der Waals surface area (Å²) < 4.78 is 33.1. The Morgan fingerprint density at radius 3 is 2.26 bits per heavy atom. The molecular formula is C24H27N3O6S. The molecule has 34 heavy (non-hydrogen) atoms. The summed E-state index contributed by atoms with van der Waals surface area (Å²) in [6, 6.07) is 12.3. The summed E-state index contributed by atoms with van der Waals surface area (Å²) in [5, 5.41) is 2.65. The number of carbonyl (C=O) groups excluding carboxylic acids is 3. The fourth-order valence-electron chi connectivity index (χ4n) is 4.50. The Kier molecular flexibility index (Phi) is 6.87. The van der Waals surface area contributed by atoms with Gasteiger partial charge in [-0.2, -0.15) is 0 Å². The summed E-state index contributed by atoms with van der Waals surface area (Å²) in [7, 11) is -2.36. The number of anilines is 2. The molecule has 2 aliphatic rings. The van der Waals surface area contributed by atoms with Crippen molar-refractivity contribution in [2.75, 3.05) is 23.7 Å². The van der Waals surface area contributed by atoms with Crippen molar-refractivity contribution >= 4 is 39.1 Å². The lowest BCUT2D eigenvalue weighted by atomic mass is 9.81. The Hall–Kier alpha value is -3.40. The predicted octanol–water partition coefficient (Wildman–Crippen LogP) is 3.00. The number of amides is 3. The van der Waals surface area contributed by atoms with Crippen LogP contribution in [0, 0.1) is 11.8 Å². The second-order valence-electron chi connectivity index (χ2n) is 8.49. The average Bonchev–Trinajstić information content (AvgIpc) is 3.08. The third kappa shape index (κ3) is 5.06. The molecule has 9 nitrogen and oxygen atoms in total. The van der Waals surface area contributed by atoms with E-state index in [0.29, 0.717) is 17.1 Å². The molecule has 1 heterocycles. The SMILES string of the molecule is COc1ccc(NS(=O)(=O)c2cccc(NC(=O)CCN3C(=O)C4CCCCC4C3=O)c2)cc1. The zero-order valence-electron chi connectivity index (χ0n) is 18.8. The summed E-state index contributed by atoms with van der Waals surface area (Å²) >= 11 is 0. The van der Waals surface area contributed by atoms with E-state index in [4.69, 9.17) is 4.74 Å². The van der Waals surface area contributed by atoms with Crippen molar-refractivity contribution in [3.05, 3.63) is 48.5 Å². The first-order chi connectivity index (χ1) is 16.3. The Morgan fingerprint density at radius 2 is 1.65 bits per heavy atom. The van der Waals surface area contributed by atoms with Crippen LogP contribution in [-0.2, 0) is 24.4 Å². The lowest BCUT2D eigenvalue weighted by Gasteiger charge is -2.19. The van der Waals surface area contributed by atoms with Crippen LogP contribution < -0.4 is 14.8 Å². The van der Waals surface area contributed by atoms with Crippen LogP contribution in [0.25, 0.3) is 0 Å². The molecule has 0 bridgehead atoms. The molecule has 2 aromatic rings. The number of likely N-dealkylation sites (tertiary alicyclic amines) is 1. The summed E-state index contributed by atoms with van der Waals surface area (Å²) in [5.41, 5.74) is 0.672. The number of carbonyl (C=O) groups is 3. The Balaban J connectivity index is 1.36. The lowest BCUT2D eigenvalue weighted by molar-refractivity contribution is -0.140. The number of hydrogen-bond acceptors (Lipinski definition) is 6. The number of hydrogen-bond donors (Lipinski definition) is 2. The van der Waals surface area contributed by atoms with E-state index in [9.17, 15) is 22.8 Å². The Morgan fingerprint density at radius 1 is 1.00 bits per heavy atom. The molecule has 2 fully saturated rings. The van der Waals surface area contributed by atoms with Crippen LogP contribution >= 0.6 is 0 Å². The van der Waals surface area contributed by atoms with Crippen molar-refractivity contribution in [3.8, 4) is 5.75 Å². The highest BCUT2D eigenvalue weighted by Gasteiger charge is 2.47. The second-order valence-corrected chi connectivity index (χ2v) is 10.2. The molecule has 1 aliphatic carbocycles. The van der Waals surface area contributed by atoms with Gasteiger partial charge in [0.2, 0.25) is 17.7 Å². The van der Waals surface area contributed by atoms with E-state index in [1.165, 1.54) is 30.2 Å². The molecule has 2 aromatic carbocycles. The molecule has 1 aliphatic heterocycles. The Labute approximate surface area is 198 Å². The molecule has 0 aromatic heterocycles. The molecule has 0 radical (unpaired) electrons. The topological polar surface area (TPSA) is 122 Å². The number of benzene rings is 2. The zero-order valence-corrected chi connectivity index (χ0v) is 19.6. The summed E-state index contributed by atoms with van der Waals surface area (Å²) in [6.45, 7) is 0.0213. The predicted molar refractivity (Wildman–Crippen MR) is 126 cm³/mol. The molecule has 0 spiro atoms. The maximum Gasteiger partial charge on any atom is 0.261 e. The lowest BCUT2D eigenvalue weighted by Crippen LogP contribution is -2.34. The first-order valence-electron chi connectivity index (χ1n) is 11.2. The number of nitrogens with zero attached hydrogens (tertiary/aromatic N) is 1. The molecular weight excluding hydrogens is 458 g/mol. The molecule has 2 atom stereocenters. The van der Waals surface area contributed by atoms with Crippen LogP contribution in [0.5, 0.6) is 5.75 Å². The number of rotatable bonds is 8. The van der Waals surface area contributed by atoms with Gasteiger partial charge in [0.25, 0.3) is 10.0 Å². The molecule has 2 unspecified atom stereocenters. The summed E-state index contributed by atoms with van der Waals surface area (Å²) in [5.74, 6) is -0.661. The van der Waals surface area contributed by atoms with Gasteiger partial charge in [0, 0.05) is 24.3 Å². The highest BCUT2D eigenvalue weighted by molar-refractivity contribution is 7.92. The third-order valence-corrected chi connectivity index (χ3v) is 7.64.